The normalized spacial score (nSPS) is 39.2. The van der Waals surface area contributed by atoms with Crippen LogP contribution in [0.5, 0.6) is 17.2 Å². The second-order valence-electron chi connectivity index (χ2n) is 24.1. The standard InChI is InChI=1S/C59H86O26/c1-22(2)58(70)85-57-29(9)78-43(21-59(57,11)71)82-37-18-40(74-25(5)49(37)66)81-36-19-42(75-26(6)48(36)65)84-56-33(55(73-13)52(69)47(64)24(4)60)15-31-14-32-16-35(23(3)46(63)44(32)50(67)45(31)51(56)68)80-41-20-38(79-30(10)61)54(28(8)77-41)83-39-17-34(62)53(72-12)27(7)76-39/h14,16,22,24-29,33-34,36-43,47-49,53-57,60,62-67,71H,15,17-21H2,1-13H3/t24-,25?,26?,27?,28?,29?,33+,34?,36?,37?,38?,39?,40?,41?,42?,43?,47+,48?,49?,53?,54?,55+,56+,57?,59?/m1/s1. The number of hydrogen-bond donors (Lipinski definition) is 8. The van der Waals surface area contributed by atoms with Crippen molar-refractivity contribution in [3.8, 4) is 17.2 Å². The molecule has 5 heterocycles. The number of carbonyl (C=O) groups is 4. The second-order valence-corrected chi connectivity index (χ2v) is 24.1. The number of Topliss-reactive ketones (excluding diaryl/α,β-unsaturated/α-hetero) is 2. The van der Waals surface area contributed by atoms with E-state index in [9.17, 15) is 55.2 Å². The van der Waals surface area contributed by atoms with Gasteiger partial charge in [-0.1, -0.05) is 13.8 Å². The number of benzene rings is 2. The van der Waals surface area contributed by atoms with E-state index in [1.807, 2.05) is 0 Å². The van der Waals surface area contributed by atoms with Gasteiger partial charge >= 0.3 is 11.9 Å². The van der Waals surface area contributed by atoms with Crippen molar-refractivity contribution in [2.24, 2.45) is 11.8 Å². The molecule has 2 aromatic carbocycles. The number of rotatable bonds is 19. The van der Waals surface area contributed by atoms with Gasteiger partial charge in [-0.05, 0) is 84.9 Å². The van der Waals surface area contributed by atoms with E-state index in [2.05, 4.69) is 0 Å². The quantitative estimate of drug-likeness (QED) is 0.0935. The largest absolute Gasteiger partial charge is 0.507 e. The number of carbonyl (C=O) groups excluding carboxylic acids is 4. The van der Waals surface area contributed by atoms with E-state index >= 15 is 4.79 Å². The summed E-state index contributed by atoms with van der Waals surface area (Å²) >= 11 is 0. The van der Waals surface area contributed by atoms with Crippen LogP contribution in [0, 0.1) is 18.8 Å². The summed E-state index contributed by atoms with van der Waals surface area (Å²) in [5.41, 5.74) is -1.53. The summed E-state index contributed by atoms with van der Waals surface area (Å²) in [4.78, 5) is 54.1. The zero-order valence-electron chi connectivity index (χ0n) is 50.3. The van der Waals surface area contributed by atoms with E-state index in [4.69, 9.17) is 66.3 Å². The Morgan fingerprint density at radius 2 is 1.25 bits per heavy atom. The van der Waals surface area contributed by atoms with Crippen molar-refractivity contribution >= 4 is 34.3 Å². The molecule has 1 aliphatic carbocycles. The van der Waals surface area contributed by atoms with E-state index in [-0.39, 0.29) is 71.7 Å². The van der Waals surface area contributed by atoms with Gasteiger partial charge in [-0.2, -0.15) is 0 Å². The topological polar surface area (TPSA) is 359 Å². The van der Waals surface area contributed by atoms with E-state index in [0.717, 1.165) is 0 Å². The van der Waals surface area contributed by atoms with Gasteiger partial charge in [0.1, 0.15) is 71.7 Å². The molecule has 0 bridgehead atoms. The molecule has 6 aliphatic rings. The van der Waals surface area contributed by atoms with Gasteiger partial charge in [0.05, 0.1) is 71.8 Å². The lowest BCUT2D eigenvalue weighted by Crippen LogP contribution is -2.59. The molecular weight excluding hydrogens is 1120 g/mol. The Bertz CT molecular complexity index is 2670. The predicted octanol–water partition coefficient (Wildman–Crippen LogP) is 2.18. The fourth-order valence-corrected chi connectivity index (χ4v) is 12.5. The van der Waals surface area contributed by atoms with Crippen LogP contribution >= 0.6 is 0 Å². The van der Waals surface area contributed by atoms with E-state index in [1.165, 1.54) is 61.0 Å². The molecule has 0 radical (unpaired) electrons. The van der Waals surface area contributed by atoms with Crippen molar-refractivity contribution in [2.75, 3.05) is 14.2 Å². The molecule has 0 spiro atoms. The minimum atomic E-state index is -1.96. The van der Waals surface area contributed by atoms with Crippen molar-refractivity contribution in [1.82, 2.24) is 0 Å². The van der Waals surface area contributed by atoms with Crippen LogP contribution in [-0.4, -0.2) is 225 Å². The third-order valence-electron chi connectivity index (χ3n) is 17.1. The highest BCUT2D eigenvalue weighted by Crippen LogP contribution is 2.48. The van der Waals surface area contributed by atoms with Gasteiger partial charge < -0.3 is 107 Å². The number of ketones is 2. The summed E-state index contributed by atoms with van der Waals surface area (Å²) in [6.07, 6.45) is -25.8. The van der Waals surface area contributed by atoms with Crippen LogP contribution in [0.3, 0.4) is 0 Å². The molecule has 0 aromatic heterocycles. The first kappa shape index (κ1) is 66.6. The Morgan fingerprint density at radius 1 is 0.694 bits per heavy atom. The third kappa shape index (κ3) is 14.4. The number of fused-ring (bicyclic) bond motifs is 2. The summed E-state index contributed by atoms with van der Waals surface area (Å²) in [6.45, 7) is 17.0. The maximum absolute atomic E-state index is 15.2. The number of ether oxygens (including phenoxy) is 14. The molecule has 8 N–H and O–H groups in total. The Kier molecular flexibility index (Phi) is 21.3. The maximum Gasteiger partial charge on any atom is 0.308 e. The van der Waals surface area contributed by atoms with Gasteiger partial charge in [-0.15, -0.1) is 0 Å². The van der Waals surface area contributed by atoms with Crippen molar-refractivity contribution in [3.05, 3.63) is 28.8 Å². The fraction of sp³-hybridized carbons (Fsp3) is 0.763. The lowest BCUT2D eigenvalue weighted by Gasteiger charge is -2.47. The van der Waals surface area contributed by atoms with Gasteiger partial charge in [0, 0.05) is 64.7 Å². The zero-order valence-corrected chi connectivity index (χ0v) is 50.3. The Hall–Kier alpha value is -4.30. The molecule has 0 saturated carbocycles. The van der Waals surface area contributed by atoms with Gasteiger partial charge in [0.25, 0.3) is 0 Å². The molecule has 25 atom stereocenters. The highest BCUT2D eigenvalue weighted by Gasteiger charge is 2.53. The zero-order chi connectivity index (χ0) is 62.4. The van der Waals surface area contributed by atoms with Crippen LogP contribution < -0.4 is 4.74 Å². The first-order chi connectivity index (χ1) is 39.9. The van der Waals surface area contributed by atoms with E-state index in [1.54, 1.807) is 41.5 Å². The number of hydrogen-bond acceptors (Lipinski definition) is 26. The van der Waals surface area contributed by atoms with Crippen LogP contribution in [-0.2, 0) is 82.4 Å². The van der Waals surface area contributed by atoms with Crippen LogP contribution in [0.15, 0.2) is 12.1 Å². The Balaban J connectivity index is 1.02. The maximum atomic E-state index is 15.2. The van der Waals surface area contributed by atoms with Crippen LogP contribution in [0.1, 0.15) is 123 Å². The molecule has 26 heteroatoms. The molecule has 0 amide bonds. The molecule has 8 rings (SSSR count). The SMILES string of the molecule is COC1C(O)CC(OC2C(C)OC(Oc3cc4cc5c(c(O)c4c(O)c3C)C(=O)[C@@H](OC3CC(OC4CC(OC6CC(C)(O)C(OC(=O)C(C)C)C(C)O6)C(O)C(C)O4)C(O)C(C)O3)[C@H]([C@H](OC)C(=O)[C@@H](O)[C@@H](C)O)C5)CC2OC(C)=O)OC1C. The smallest absolute Gasteiger partial charge is 0.308 e. The molecule has 85 heavy (non-hydrogen) atoms. The average molecular weight is 1210 g/mol. The monoisotopic (exact) mass is 1210 g/mol. The second kappa shape index (κ2) is 27.2. The predicted molar refractivity (Wildman–Crippen MR) is 292 cm³/mol. The summed E-state index contributed by atoms with van der Waals surface area (Å²) in [6, 6.07) is 3.03. The summed E-state index contributed by atoms with van der Waals surface area (Å²) < 4.78 is 84.6. The van der Waals surface area contributed by atoms with Crippen molar-refractivity contribution < 1.29 is 126 Å². The molecular formula is C59H86O26. The van der Waals surface area contributed by atoms with Gasteiger partial charge in [0.2, 0.25) is 6.29 Å². The van der Waals surface area contributed by atoms with Crippen molar-refractivity contribution in [2.45, 2.75) is 262 Å². The number of aliphatic hydroxyl groups is 6. The summed E-state index contributed by atoms with van der Waals surface area (Å²) in [5.74, 6) is -5.70. The minimum Gasteiger partial charge on any atom is -0.507 e. The molecule has 5 aliphatic heterocycles. The minimum absolute atomic E-state index is 0.0535. The van der Waals surface area contributed by atoms with Gasteiger partial charge in [0.15, 0.2) is 42.8 Å². The lowest BCUT2D eigenvalue weighted by molar-refractivity contribution is -0.334. The summed E-state index contributed by atoms with van der Waals surface area (Å²) in [5, 5.41) is 90.3. The first-order valence-electron chi connectivity index (χ1n) is 29.1. The average Bonchev–Trinajstić information content (AvgIpc) is 1.21. The number of phenolic OH excluding ortho intramolecular Hbond substituents is 2. The molecule has 5 saturated heterocycles. The molecule has 2 aromatic rings. The van der Waals surface area contributed by atoms with Crippen molar-refractivity contribution in [3.63, 3.8) is 0 Å². The molecule has 26 nitrogen and oxygen atoms in total. The van der Waals surface area contributed by atoms with E-state index in [0.29, 0.717) is 0 Å². The number of methoxy groups -OCH3 is 2. The Labute approximate surface area is 493 Å². The van der Waals surface area contributed by atoms with Gasteiger partial charge in [-0.25, -0.2) is 0 Å². The van der Waals surface area contributed by atoms with E-state index < -0.39 is 194 Å². The van der Waals surface area contributed by atoms with Crippen LogP contribution in [0.4, 0.5) is 0 Å². The lowest BCUT2D eigenvalue weighted by atomic mass is 9.75. The number of aliphatic hydroxyl groups excluding tert-OH is 5. The molecule has 20 unspecified atom stereocenters. The fourth-order valence-electron chi connectivity index (χ4n) is 12.5. The highest BCUT2D eigenvalue weighted by molar-refractivity contribution is 6.11. The number of aromatic hydroxyl groups is 2. The van der Waals surface area contributed by atoms with Gasteiger partial charge in [-0.3, -0.25) is 19.2 Å². The van der Waals surface area contributed by atoms with Crippen LogP contribution in [0.25, 0.3) is 10.8 Å². The van der Waals surface area contributed by atoms with Crippen LogP contribution in [0.2, 0.25) is 0 Å². The van der Waals surface area contributed by atoms with Crippen molar-refractivity contribution in [1.29, 1.82) is 0 Å². The Morgan fingerprint density at radius 3 is 1.81 bits per heavy atom. The molecule has 478 valence electrons. The third-order valence-corrected chi connectivity index (χ3v) is 17.1. The first-order valence-corrected chi connectivity index (χ1v) is 29.1. The summed E-state index contributed by atoms with van der Waals surface area (Å²) in [7, 11) is 2.65. The number of esters is 2. The number of phenols is 2. The molecule has 5 fully saturated rings. The highest BCUT2D eigenvalue weighted by atomic mass is 16.7.